The predicted octanol–water partition coefficient (Wildman–Crippen LogP) is 5.41. The van der Waals surface area contributed by atoms with E-state index in [1.54, 1.807) is 18.2 Å². The first-order valence-electron chi connectivity index (χ1n) is 7.63. The fourth-order valence-corrected chi connectivity index (χ4v) is 2.82. The zero-order valence-electron chi connectivity index (χ0n) is 13.2. The van der Waals surface area contributed by atoms with E-state index in [2.05, 4.69) is 26.2 Å². The molecule has 1 amide bonds. The minimum Gasteiger partial charge on any atom is -0.444 e. The average molecular weight is 397 g/mol. The number of rotatable bonds is 3. The van der Waals surface area contributed by atoms with Crippen LogP contribution in [0.3, 0.4) is 0 Å². The summed E-state index contributed by atoms with van der Waals surface area (Å²) in [5.74, 6) is 0.420. The number of anilines is 1. The lowest BCUT2D eigenvalue weighted by Gasteiger charge is -2.04. The minimum atomic E-state index is -0.323. The van der Waals surface area contributed by atoms with E-state index in [9.17, 15) is 4.79 Å². The highest BCUT2D eigenvalue weighted by atomic mass is 79.9. The van der Waals surface area contributed by atoms with Crippen LogP contribution in [0.25, 0.3) is 22.6 Å². The summed E-state index contributed by atoms with van der Waals surface area (Å²) in [6.45, 7) is 2.00. The van der Waals surface area contributed by atoms with Crippen molar-refractivity contribution < 1.29 is 13.6 Å². The number of furan rings is 1. The summed E-state index contributed by atoms with van der Waals surface area (Å²) < 4.78 is 11.6. The monoisotopic (exact) mass is 396 g/mol. The fourth-order valence-electron chi connectivity index (χ4n) is 2.51. The number of carbonyl (C=O) groups is 1. The van der Waals surface area contributed by atoms with Gasteiger partial charge in [0.1, 0.15) is 5.52 Å². The molecule has 0 aliphatic heterocycles. The Morgan fingerprint density at radius 3 is 2.76 bits per heavy atom. The Bertz CT molecular complexity index is 1080. The number of aryl methyl sites for hydroxylation is 1. The Balaban J connectivity index is 1.63. The van der Waals surface area contributed by atoms with Gasteiger partial charge in [-0.3, -0.25) is 4.79 Å². The van der Waals surface area contributed by atoms with Crippen LogP contribution in [0.5, 0.6) is 0 Å². The molecule has 124 valence electrons. The van der Waals surface area contributed by atoms with Gasteiger partial charge >= 0.3 is 0 Å². The Labute approximate surface area is 151 Å². The maximum atomic E-state index is 12.2. The summed E-state index contributed by atoms with van der Waals surface area (Å²) in [5, 5.41) is 2.80. The minimum absolute atomic E-state index is 0.231. The molecule has 0 radical (unpaired) electrons. The molecule has 0 aliphatic carbocycles. The molecule has 5 nitrogen and oxygen atoms in total. The molecule has 4 rings (SSSR count). The largest absolute Gasteiger partial charge is 0.444 e. The molecule has 0 saturated heterocycles. The molecule has 25 heavy (non-hydrogen) atoms. The quantitative estimate of drug-likeness (QED) is 0.502. The lowest BCUT2D eigenvalue weighted by Crippen LogP contribution is -2.10. The number of amides is 1. The van der Waals surface area contributed by atoms with E-state index in [-0.39, 0.29) is 11.7 Å². The van der Waals surface area contributed by atoms with Crippen molar-refractivity contribution in [3.8, 4) is 11.5 Å². The molecule has 2 heterocycles. The summed E-state index contributed by atoms with van der Waals surface area (Å²) in [5.41, 5.74) is 4.07. The second-order valence-electron chi connectivity index (χ2n) is 5.63. The molecular weight excluding hydrogens is 384 g/mol. The summed E-state index contributed by atoms with van der Waals surface area (Å²) in [7, 11) is 0. The van der Waals surface area contributed by atoms with Crippen molar-refractivity contribution in [2.75, 3.05) is 5.32 Å². The number of hydrogen-bond donors (Lipinski definition) is 1. The first-order valence-corrected chi connectivity index (χ1v) is 8.42. The molecule has 0 fully saturated rings. The van der Waals surface area contributed by atoms with Gasteiger partial charge in [-0.15, -0.1) is 0 Å². The summed E-state index contributed by atoms with van der Waals surface area (Å²) >= 11 is 3.18. The topological polar surface area (TPSA) is 68.3 Å². The Morgan fingerprint density at radius 2 is 1.96 bits per heavy atom. The number of hydrogen-bond acceptors (Lipinski definition) is 4. The lowest BCUT2D eigenvalue weighted by molar-refractivity contribution is 0.0995. The van der Waals surface area contributed by atoms with Gasteiger partial charge < -0.3 is 14.2 Å². The predicted molar refractivity (Wildman–Crippen MR) is 98.5 cm³/mol. The van der Waals surface area contributed by atoms with Crippen LogP contribution in [-0.4, -0.2) is 10.9 Å². The molecule has 6 heteroatoms. The van der Waals surface area contributed by atoms with Crippen LogP contribution < -0.4 is 5.32 Å². The second kappa shape index (κ2) is 6.22. The van der Waals surface area contributed by atoms with Crippen LogP contribution in [0.15, 0.2) is 68.1 Å². The van der Waals surface area contributed by atoms with Gasteiger partial charge in [0, 0.05) is 11.3 Å². The smallest absolute Gasteiger partial charge is 0.291 e. The number of nitrogens with zero attached hydrogens (tertiary/aromatic N) is 1. The van der Waals surface area contributed by atoms with Crippen molar-refractivity contribution in [2.45, 2.75) is 6.92 Å². The molecule has 0 atom stereocenters. The molecule has 0 bridgehead atoms. The van der Waals surface area contributed by atoms with Gasteiger partial charge in [-0.25, -0.2) is 4.98 Å². The van der Waals surface area contributed by atoms with Gasteiger partial charge in [-0.2, -0.15) is 0 Å². The van der Waals surface area contributed by atoms with Crippen LogP contribution in [-0.2, 0) is 0 Å². The van der Waals surface area contributed by atoms with E-state index in [4.69, 9.17) is 8.83 Å². The second-order valence-corrected chi connectivity index (χ2v) is 6.41. The zero-order chi connectivity index (χ0) is 17.4. The molecule has 1 N–H and O–H groups in total. The van der Waals surface area contributed by atoms with Crippen molar-refractivity contribution >= 4 is 38.6 Å². The highest BCUT2D eigenvalue weighted by molar-refractivity contribution is 9.10. The van der Waals surface area contributed by atoms with Crippen LogP contribution in [0.4, 0.5) is 5.69 Å². The number of carbonyl (C=O) groups excluding carboxylic acids is 1. The molecule has 0 unspecified atom stereocenters. The fraction of sp³-hybridized carbons (Fsp3) is 0.0526. The van der Waals surface area contributed by atoms with Crippen LogP contribution in [0.2, 0.25) is 0 Å². The zero-order valence-corrected chi connectivity index (χ0v) is 14.8. The van der Waals surface area contributed by atoms with Crippen molar-refractivity contribution in [1.29, 1.82) is 0 Å². The highest BCUT2D eigenvalue weighted by Crippen LogP contribution is 2.27. The third-order valence-corrected chi connectivity index (χ3v) is 4.13. The summed E-state index contributed by atoms with van der Waals surface area (Å²) in [6, 6.07) is 16.5. The molecule has 0 spiro atoms. The standard InChI is InChI=1S/C19H13BrN2O3/c1-11-5-6-14-16(9-11)25-19(22-14)12-3-2-4-13(10-12)21-18(23)15-7-8-17(20)24-15/h2-10H,1H3,(H,21,23). The SMILES string of the molecule is Cc1ccc2nc(-c3cccc(NC(=O)c4ccc(Br)o4)c3)oc2c1. The number of oxazole rings is 1. The van der Waals surface area contributed by atoms with E-state index in [1.165, 1.54) is 0 Å². The third kappa shape index (κ3) is 3.21. The summed E-state index contributed by atoms with van der Waals surface area (Å²) in [4.78, 5) is 16.7. The van der Waals surface area contributed by atoms with Crippen molar-refractivity contribution in [2.24, 2.45) is 0 Å². The number of benzene rings is 2. The van der Waals surface area contributed by atoms with E-state index < -0.39 is 0 Å². The molecule has 0 aliphatic rings. The first-order chi connectivity index (χ1) is 12.1. The summed E-state index contributed by atoms with van der Waals surface area (Å²) in [6.07, 6.45) is 0. The van der Waals surface area contributed by atoms with Crippen molar-refractivity contribution in [3.63, 3.8) is 0 Å². The molecule has 2 aromatic heterocycles. The van der Waals surface area contributed by atoms with Gasteiger partial charge in [0.05, 0.1) is 0 Å². The highest BCUT2D eigenvalue weighted by Gasteiger charge is 2.13. The molecule has 2 aromatic carbocycles. The Kier molecular flexibility index (Phi) is 3.89. The van der Waals surface area contributed by atoms with Crippen LogP contribution >= 0.6 is 15.9 Å². The number of nitrogens with one attached hydrogen (secondary N) is 1. The van der Waals surface area contributed by atoms with E-state index in [0.717, 1.165) is 22.2 Å². The maximum absolute atomic E-state index is 12.2. The first kappa shape index (κ1) is 15.7. The number of fused-ring (bicyclic) bond motifs is 1. The lowest BCUT2D eigenvalue weighted by atomic mass is 10.2. The average Bonchev–Trinajstić information content (AvgIpc) is 3.21. The van der Waals surface area contributed by atoms with Gasteiger partial charge in [0.15, 0.2) is 16.0 Å². The van der Waals surface area contributed by atoms with E-state index >= 15 is 0 Å². The molecular formula is C19H13BrN2O3. The van der Waals surface area contributed by atoms with Gasteiger partial charge in [-0.1, -0.05) is 12.1 Å². The third-order valence-electron chi connectivity index (χ3n) is 3.71. The Morgan fingerprint density at radius 1 is 1.08 bits per heavy atom. The van der Waals surface area contributed by atoms with Crippen molar-refractivity contribution in [1.82, 2.24) is 4.98 Å². The maximum Gasteiger partial charge on any atom is 0.291 e. The number of halogens is 1. The number of aromatic nitrogens is 1. The van der Waals surface area contributed by atoms with Crippen LogP contribution in [0, 0.1) is 6.92 Å². The normalized spacial score (nSPS) is 11.0. The van der Waals surface area contributed by atoms with Gasteiger partial charge in [0.25, 0.3) is 5.91 Å². The Hall–Kier alpha value is -2.86. The van der Waals surface area contributed by atoms with Crippen molar-refractivity contribution in [3.05, 3.63) is 70.6 Å². The molecule has 4 aromatic rings. The van der Waals surface area contributed by atoms with Gasteiger partial charge in [0.2, 0.25) is 5.89 Å². The van der Waals surface area contributed by atoms with E-state index in [0.29, 0.717) is 16.2 Å². The van der Waals surface area contributed by atoms with Gasteiger partial charge in [-0.05, 0) is 70.9 Å². The van der Waals surface area contributed by atoms with Crippen LogP contribution in [0.1, 0.15) is 16.1 Å². The van der Waals surface area contributed by atoms with E-state index in [1.807, 2.05) is 43.3 Å². The molecule has 0 saturated carbocycles.